The number of hydrogen-bond donors (Lipinski definition) is 2. The second kappa shape index (κ2) is 7.70. The fraction of sp³-hybridized carbons (Fsp3) is 0.200. The van der Waals surface area contributed by atoms with Crippen molar-refractivity contribution in [1.82, 2.24) is 0 Å². The predicted molar refractivity (Wildman–Crippen MR) is 98.2 cm³/mol. The SMILES string of the molecule is N#C/C(=C/c1ccc(N2CCCC2)c(F)c1)C(=O)Nc1ccc(O)cc1. The van der Waals surface area contributed by atoms with Crippen molar-refractivity contribution < 1.29 is 14.3 Å². The number of nitrogens with zero attached hydrogens (tertiary/aromatic N) is 2. The number of rotatable bonds is 4. The van der Waals surface area contributed by atoms with Gasteiger partial charge in [0.2, 0.25) is 0 Å². The summed E-state index contributed by atoms with van der Waals surface area (Å²) in [7, 11) is 0. The van der Waals surface area contributed by atoms with E-state index in [2.05, 4.69) is 5.32 Å². The molecule has 0 radical (unpaired) electrons. The number of carbonyl (C=O) groups excluding carboxylic acids is 1. The van der Waals surface area contributed by atoms with Crippen LogP contribution in [0.25, 0.3) is 6.08 Å². The average molecular weight is 351 g/mol. The van der Waals surface area contributed by atoms with E-state index < -0.39 is 5.91 Å². The standard InChI is InChI=1S/C20H18FN3O2/c21-18-12-14(3-8-19(18)24-9-1-2-10-24)11-15(13-22)20(26)23-16-4-6-17(25)7-5-16/h3-8,11-12,25H,1-2,9-10H2,(H,23,26)/b15-11-. The summed E-state index contributed by atoms with van der Waals surface area (Å²) in [4.78, 5) is 14.2. The molecule has 2 aromatic carbocycles. The first-order valence-corrected chi connectivity index (χ1v) is 8.33. The highest BCUT2D eigenvalue weighted by molar-refractivity contribution is 6.09. The number of phenols is 1. The zero-order valence-electron chi connectivity index (χ0n) is 14.1. The molecule has 0 aliphatic carbocycles. The normalized spacial score (nSPS) is 14.2. The minimum atomic E-state index is -0.595. The highest BCUT2D eigenvalue weighted by Gasteiger charge is 2.16. The van der Waals surface area contributed by atoms with Crippen molar-refractivity contribution in [2.45, 2.75) is 12.8 Å². The predicted octanol–water partition coefficient (Wildman–Crippen LogP) is 3.68. The molecule has 132 valence electrons. The monoisotopic (exact) mass is 351 g/mol. The summed E-state index contributed by atoms with van der Waals surface area (Å²) in [5, 5.41) is 21.1. The molecule has 1 aliphatic heterocycles. The number of phenolic OH excluding ortho intramolecular Hbond substituents is 1. The lowest BCUT2D eigenvalue weighted by atomic mass is 10.1. The molecule has 0 spiro atoms. The third-order valence-corrected chi connectivity index (χ3v) is 4.22. The van der Waals surface area contributed by atoms with Gasteiger partial charge in [0.25, 0.3) is 5.91 Å². The highest BCUT2D eigenvalue weighted by Crippen LogP contribution is 2.25. The number of hydrogen-bond acceptors (Lipinski definition) is 4. The van der Waals surface area contributed by atoms with Crippen molar-refractivity contribution in [3.8, 4) is 11.8 Å². The summed E-state index contributed by atoms with van der Waals surface area (Å²) in [6.45, 7) is 1.68. The van der Waals surface area contributed by atoms with Gasteiger partial charge in [0.05, 0.1) is 5.69 Å². The van der Waals surface area contributed by atoms with E-state index >= 15 is 0 Å². The van der Waals surface area contributed by atoms with Gasteiger partial charge in [-0.2, -0.15) is 5.26 Å². The van der Waals surface area contributed by atoms with Gasteiger partial charge in [-0.15, -0.1) is 0 Å². The quantitative estimate of drug-likeness (QED) is 0.500. The maximum Gasteiger partial charge on any atom is 0.266 e. The van der Waals surface area contributed by atoms with E-state index in [1.165, 1.54) is 36.4 Å². The summed E-state index contributed by atoms with van der Waals surface area (Å²) < 4.78 is 14.4. The van der Waals surface area contributed by atoms with Crippen LogP contribution in [0.2, 0.25) is 0 Å². The average Bonchev–Trinajstić information content (AvgIpc) is 3.16. The van der Waals surface area contributed by atoms with Crippen molar-refractivity contribution in [3.05, 3.63) is 59.4 Å². The summed E-state index contributed by atoms with van der Waals surface area (Å²) in [5.74, 6) is -0.883. The van der Waals surface area contributed by atoms with E-state index in [4.69, 9.17) is 0 Å². The van der Waals surface area contributed by atoms with Gasteiger partial charge in [-0.3, -0.25) is 4.79 Å². The maximum absolute atomic E-state index is 14.4. The fourth-order valence-electron chi connectivity index (χ4n) is 2.89. The Morgan fingerprint density at radius 3 is 2.50 bits per heavy atom. The molecular formula is C20H18FN3O2. The molecular weight excluding hydrogens is 333 g/mol. The van der Waals surface area contributed by atoms with E-state index in [0.29, 0.717) is 16.9 Å². The van der Waals surface area contributed by atoms with Crippen LogP contribution in [0.5, 0.6) is 5.75 Å². The Balaban J connectivity index is 1.77. The van der Waals surface area contributed by atoms with Crippen molar-refractivity contribution in [3.63, 3.8) is 0 Å². The largest absolute Gasteiger partial charge is 0.508 e. The molecule has 3 rings (SSSR count). The molecule has 0 aromatic heterocycles. The van der Waals surface area contributed by atoms with E-state index in [1.807, 2.05) is 11.0 Å². The Morgan fingerprint density at radius 1 is 1.19 bits per heavy atom. The lowest BCUT2D eigenvalue weighted by molar-refractivity contribution is -0.112. The highest BCUT2D eigenvalue weighted by atomic mass is 19.1. The molecule has 6 heteroatoms. The minimum Gasteiger partial charge on any atom is -0.508 e. The first-order valence-electron chi connectivity index (χ1n) is 8.33. The summed E-state index contributed by atoms with van der Waals surface area (Å²) >= 11 is 0. The van der Waals surface area contributed by atoms with Gasteiger partial charge in [-0.1, -0.05) is 6.07 Å². The topological polar surface area (TPSA) is 76.4 Å². The molecule has 1 fully saturated rings. The lowest BCUT2D eigenvalue weighted by Gasteiger charge is -2.18. The van der Waals surface area contributed by atoms with Crippen LogP contribution in [0.3, 0.4) is 0 Å². The van der Waals surface area contributed by atoms with Crippen LogP contribution in [0.4, 0.5) is 15.8 Å². The third-order valence-electron chi connectivity index (χ3n) is 4.22. The second-order valence-corrected chi connectivity index (χ2v) is 6.08. The molecule has 0 unspecified atom stereocenters. The van der Waals surface area contributed by atoms with Crippen LogP contribution in [-0.4, -0.2) is 24.1 Å². The Bertz CT molecular complexity index is 879. The van der Waals surface area contributed by atoms with Gasteiger partial charge >= 0.3 is 0 Å². The number of carbonyl (C=O) groups is 1. The zero-order valence-corrected chi connectivity index (χ0v) is 14.1. The van der Waals surface area contributed by atoms with E-state index in [-0.39, 0.29) is 17.1 Å². The van der Waals surface area contributed by atoms with E-state index in [0.717, 1.165) is 25.9 Å². The van der Waals surface area contributed by atoms with Crippen molar-refractivity contribution in [1.29, 1.82) is 5.26 Å². The molecule has 1 saturated heterocycles. The van der Waals surface area contributed by atoms with Gasteiger partial charge in [0.1, 0.15) is 23.2 Å². The van der Waals surface area contributed by atoms with Crippen LogP contribution >= 0.6 is 0 Å². The molecule has 0 bridgehead atoms. The van der Waals surface area contributed by atoms with Crippen molar-refractivity contribution >= 4 is 23.4 Å². The number of nitriles is 1. The maximum atomic E-state index is 14.4. The molecule has 2 N–H and O–H groups in total. The molecule has 26 heavy (non-hydrogen) atoms. The number of amides is 1. The van der Waals surface area contributed by atoms with Crippen molar-refractivity contribution in [2.75, 3.05) is 23.3 Å². The first kappa shape index (κ1) is 17.5. The lowest BCUT2D eigenvalue weighted by Crippen LogP contribution is -2.18. The Labute approximate surface area is 151 Å². The van der Waals surface area contributed by atoms with Gasteiger partial charge in [0.15, 0.2) is 0 Å². The Hall–Kier alpha value is -3.33. The summed E-state index contributed by atoms with van der Waals surface area (Å²) in [6.07, 6.45) is 3.46. The molecule has 5 nitrogen and oxygen atoms in total. The molecule has 1 amide bonds. The molecule has 2 aromatic rings. The zero-order chi connectivity index (χ0) is 18.5. The van der Waals surface area contributed by atoms with Crippen LogP contribution in [0.1, 0.15) is 18.4 Å². The van der Waals surface area contributed by atoms with Crippen LogP contribution < -0.4 is 10.2 Å². The van der Waals surface area contributed by atoms with Gasteiger partial charge in [-0.25, -0.2) is 4.39 Å². The summed E-state index contributed by atoms with van der Waals surface area (Å²) in [6, 6.07) is 12.4. The fourth-order valence-corrected chi connectivity index (χ4v) is 2.89. The smallest absolute Gasteiger partial charge is 0.266 e. The van der Waals surface area contributed by atoms with Gasteiger partial charge < -0.3 is 15.3 Å². The molecule has 1 aliphatic rings. The van der Waals surface area contributed by atoms with Gasteiger partial charge in [-0.05, 0) is 60.9 Å². The van der Waals surface area contributed by atoms with Crippen LogP contribution in [0, 0.1) is 17.1 Å². The number of benzene rings is 2. The number of anilines is 2. The van der Waals surface area contributed by atoms with Crippen LogP contribution in [-0.2, 0) is 4.79 Å². The second-order valence-electron chi connectivity index (χ2n) is 6.08. The summed E-state index contributed by atoms with van der Waals surface area (Å²) in [5.41, 5.74) is 1.31. The minimum absolute atomic E-state index is 0.0765. The van der Waals surface area contributed by atoms with Gasteiger partial charge in [0, 0.05) is 18.8 Å². The van der Waals surface area contributed by atoms with Crippen LogP contribution in [0.15, 0.2) is 48.0 Å². The molecule has 0 saturated carbocycles. The van der Waals surface area contributed by atoms with E-state index in [9.17, 15) is 19.6 Å². The number of aromatic hydroxyl groups is 1. The molecule has 1 heterocycles. The third kappa shape index (κ3) is 4.01. The Morgan fingerprint density at radius 2 is 1.88 bits per heavy atom. The van der Waals surface area contributed by atoms with E-state index in [1.54, 1.807) is 12.1 Å². The first-order chi connectivity index (χ1) is 12.6. The van der Waals surface area contributed by atoms with Crippen molar-refractivity contribution in [2.24, 2.45) is 0 Å². The Kier molecular flexibility index (Phi) is 5.18. The molecule has 0 atom stereocenters. The number of nitrogens with one attached hydrogen (secondary N) is 1. The number of halogens is 1.